The number of nitrogens with two attached hydrogens (primary N) is 1. The van der Waals surface area contributed by atoms with Crippen LogP contribution in [0.1, 0.15) is 12.0 Å². The molecule has 0 saturated carbocycles. The van der Waals surface area contributed by atoms with E-state index in [2.05, 4.69) is 6.07 Å². The van der Waals surface area contributed by atoms with Gasteiger partial charge in [0.05, 0.1) is 18.1 Å². The molecule has 0 unspecified atom stereocenters. The van der Waals surface area contributed by atoms with Gasteiger partial charge in [0, 0.05) is 25.0 Å². The molecule has 0 spiro atoms. The number of nitrogen functional groups attached to an aromatic ring is 1. The van der Waals surface area contributed by atoms with Gasteiger partial charge < -0.3 is 10.6 Å². The minimum atomic E-state index is 0.461. The van der Waals surface area contributed by atoms with Crippen molar-refractivity contribution in [2.75, 3.05) is 24.2 Å². The summed E-state index contributed by atoms with van der Waals surface area (Å²) in [5, 5.41) is 17.3. The highest BCUT2D eigenvalue weighted by Crippen LogP contribution is 2.19. The maximum atomic E-state index is 8.80. The number of benzene rings is 1. The predicted octanol–water partition coefficient (Wildman–Crippen LogP) is 1.49. The lowest BCUT2D eigenvalue weighted by molar-refractivity contribution is 0.905. The Hall–Kier alpha value is -2.20. The van der Waals surface area contributed by atoms with Crippen LogP contribution < -0.4 is 10.6 Å². The number of anilines is 2. The van der Waals surface area contributed by atoms with E-state index in [-0.39, 0.29) is 0 Å². The molecule has 76 valence electrons. The molecule has 0 aliphatic heterocycles. The van der Waals surface area contributed by atoms with Crippen LogP contribution in [0.4, 0.5) is 11.4 Å². The number of rotatable bonds is 3. The van der Waals surface area contributed by atoms with Crippen LogP contribution in [0.3, 0.4) is 0 Å². The van der Waals surface area contributed by atoms with Gasteiger partial charge in [0.2, 0.25) is 0 Å². The summed E-state index contributed by atoms with van der Waals surface area (Å²) in [6.45, 7) is 0.644. The fourth-order valence-electron chi connectivity index (χ4n) is 1.23. The average molecular weight is 200 g/mol. The van der Waals surface area contributed by atoms with Crippen LogP contribution in [0.25, 0.3) is 0 Å². The molecular formula is C11H12N4. The van der Waals surface area contributed by atoms with Crippen molar-refractivity contribution in [3.05, 3.63) is 23.8 Å². The van der Waals surface area contributed by atoms with E-state index in [0.29, 0.717) is 24.2 Å². The molecule has 4 heteroatoms. The first-order chi connectivity index (χ1) is 7.19. The van der Waals surface area contributed by atoms with Gasteiger partial charge in [-0.3, -0.25) is 0 Å². The van der Waals surface area contributed by atoms with Crippen LogP contribution in [0.15, 0.2) is 18.2 Å². The Kier molecular flexibility index (Phi) is 3.54. The number of hydrogen-bond acceptors (Lipinski definition) is 4. The standard InChI is InChI=1S/C11H12N4/c1-15(6-2-5-12)10-3-4-11(14)9(7-10)8-13/h3-4,7H,2,6,14H2,1H3. The van der Waals surface area contributed by atoms with Crippen molar-refractivity contribution >= 4 is 11.4 Å². The van der Waals surface area contributed by atoms with E-state index in [1.165, 1.54) is 0 Å². The zero-order chi connectivity index (χ0) is 11.3. The normalized spacial score (nSPS) is 9.00. The molecule has 1 aromatic rings. The van der Waals surface area contributed by atoms with E-state index >= 15 is 0 Å². The summed E-state index contributed by atoms with van der Waals surface area (Å²) in [5.74, 6) is 0. The average Bonchev–Trinajstić information content (AvgIpc) is 2.26. The van der Waals surface area contributed by atoms with E-state index in [9.17, 15) is 0 Å². The van der Waals surface area contributed by atoms with Gasteiger partial charge >= 0.3 is 0 Å². The van der Waals surface area contributed by atoms with Gasteiger partial charge in [-0.2, -0.15) is 10.5 Å². The molecule has 0 amide bonds. The summed E-state index contributed by atoms with van der Waals surface area (Å²) >= 11 is 0. The second-order valence-corrected chi connectivity index (χ2v) is 3.21. The smallest absolute Gasteiger partial charge is 0.101 e. The maximum absolute atomic E-state index is 8.80. The van der Waals surface area contributed by atoms with E-state index in [4.69, 9.17) is 16.3 Å². The summed E-state index contributed by atoms with van der Waals surface area (Å²) < 4.78 is 0. The summed E-state index contributed by atoms with van der Waals surface area (Å²) in [6, 6.07) is 9.38. The van der Waals surface area contributed by atoms with Gasteiger partial charge in [0.25, 0.3) is 0 Å². The van der Waals surface area contributed by atoms with Crippen LogP contribution in [0.2, 0.25) is 0 Å². The highest BCUT2D eigenvalue weighted by atomic mass is 15.1. The van der Waals surface area contributed by atoms with Gasteiger partial charge in [0.15, 0.2) is 0 Å². The minimum absolute atomic E-state index is 0.461. The summed E-state index contributed by atoms with van der Waals surface area (Å²) in [6.07, 6.45) is 0.461. The van der Waals surface area contributed by atoms with Crippen molar-refractivity contribution in [2.45, 2.75) is 6.42 Å². The zero-order valence-corrected chi connectivity index (χ0v) is 8.57. The van der Waals surface area contributed by atoms with E-state index in [1.807, 2.05) is 24.1 Å². The van der Waals surface area contributed by atoms with E-state index < -0.39 is 0 Å². The molecule has 15 heavy (non-hydrogen) atoms. The molecule has 0 aliphatic rings. The van der Waals surface area contributed by atoms with E-state index in [1.54, 1.807) is 12.1 Å². The zero-order valence-electron chi connectivity index (χ0n) is 8.57. The molecule has 0 radical (unpaired) electrons. The molecule has 0 atom stereocenters. The minimum Gasteiger partial charge on any atom is -0.398 e. The third-order valence-electron chi connectivity index (χ3n) is 2.16. The lowest BCUT2D eigenvalue weighted by Gasteiger charge is -2.18. The summed E-state index contributed by atoms with van der Waals surface area (Å²) in [5.41, 5.74) is 7.46. The fourth-order valence-corrected chi connectivity index (χ4v) is 1.23. The summed E-state index contributed by atoms with van der Waals surface area (Å²) in [7, 11) is 1.88. The highest BCUT2D eigenvalue weighted by Gasteiger charge is 2.03. The molecule has 0 aromatic heterocycles. The van der Waals surface area contributed by atoms with Crippen LogP contribution in [0.5, 0.6) is 0 Å². The SMILES string of the molecule is CN(CCC#N)c1ccc(N)c(C#N)c1. The van der Waals surface area contributed by atoms with Crippen molar-refractivity contribution < 1.29 is 0 Å². The molecule has 1 aromatic carbocycles. The Labute approximate surface area is 89.1 Å². The number of nitriles is 2. The van der Waals surface area contributed by atoms with Gasteiger partial charge in [-0.25, -0.2) is 0 Å². The van der Waals surface area contributed by atoms with Crippen molar-refractivity contribution in [1.82, 2.24) is 0 Å². The first-order valence-electron chi connectivity index (χ1n) is 4.56. The molecule has 0 bridgehead atoms. The monoisotopic (exact) mass is 200 g/mol. The summed E-state index contributed by atoms with van der Waals surface area (Å²) in [4.78, 5) is 1.92. The van der Waals surface area contributed by atoms with Crippen LogP contribution in [-0.4, -0.2) is 13.6 Å². The molecular weight excluding hydrogens is 188 g/mol. The largest absolute Gasteiger partial charge is 0.398 e. The highest BCUT2D eigenvalue weighted by molar-refractivity contribution is 5.62. The van der Waals surface area contributed by atoms with Gasteiger partial charge in [0.1, 0.15) is 6.07 Å². The molecule has 4 nitrogen and oxygen atoms in total. The third-order valence-corrected chi connectivity index (χ3v) is 2.16. The Morgan fingerprint density at radius 2 is 2.13 bits per heavy atom. The number of hydrogen-bond donors (Lipinski definition) is 1. The van der Waals surface area contributed by atoms with Crippen molar-refractivity contribution in [3.63, 3.8) is 0 Å². The third kappa shape index (κ3) is 2.62. The Morgan fingerprint density at radius 1 is 1.40 bits per heavy atom. The van der Waals surface area contributed by atoms with Gasteiger partial charge in [-0.15, -0.1) is 0 Å². The van der Waals surface area contributed by atoms with Crippen molar-refractivity contribution in [1.29, 1.82) is 10.5 Å². The molecule has 0 saturated heterocycles. The van der Waals surface area contributed by atoms with Crippen LogP contribution in [-0.2, 0) is 0 Å². The molecule has 0 fully saturated rings. The van der Waals surface area contributed by atoms with Crippen molar-refractivity contribution in [2.24, 2.45) is 0 Å². The molecule has 0 heterocycles. The second kappa shape index (κ2) is 4.88. The Balaban J connectivity index is 2.88. The molecule has 2 N–H and O–H groups in total. The van der Waals surface area contributed by atoms with Crippen LogP contribution in [0, 0.1) is 22.7 Å². The first kappa shape index (κ1) is 10.9. The van der Waals surface area contributed by atoms with Crippen LogP contribution >= 0.6 is 0 Å². The second-order valence-electron chi connectivity index (χ2n) is 3.21. The quantitative estimate of drug-likeness (QED) is 0.750. The van der Waals surface area contributed by atoms with E-state index in [0.717, 1.165) is 5.69 Å². The number of nitrogens with zero attached hydrogens (tertiary/aromatic N) is 3. The lowest BCUT2D eigenvalue weighted by Crippen LogP contribution is -2.18. The topological polar surface area (TPSA) is 76.8 Å². The molecule has 0 aliphatic carbocycles. The maximum Gasteiger partial charge on any atom is 0.101 e. The lowest BCUT2D eigenvalue weighted by atomic mass is 10.1. The van der Waals surface area contributed by atoms with Gasteiger partial charge in [-0.05, 0) is 18.2 Å². The van der Waals surface area contributed by atoms with Gasteiger partial charge in [-0.1, -0.05) is 0 Å². The fraction of sp³-hybridized carbons (Fsp3) is 0.273. The van der Waals surface area contributed by atoms with Crippen molar-refractivity contribution in [3.8, 4) is 12.1 Å². The predicted molar refractivity (Wildman–Crippen MR) is 59.1 cm³/mol. The first-order valence-corrected chi connectivity index (χ1v) is 4.56. The molecule has 1 rings (SSSR count). The Bertz CT molecular complexity index is 425. The Morgan fingerprint density at radius 3 is 2.73 bits per heavy atom.